The van der Waals surface area contributed by atoms with Crippen LogP contribution < -0.4 is 0 Å². The molecule has 9 atom stereocenters. The van der Waals surface area contributed by atoms with E-state index in [4.69, 9.17) is 28.5 Å². The van der Waals surface area contributed by atoms with Crippen LogP contribution in [0.5, 0.6) is 0 Å². The molecule has 0 aromatic rings. The minimum Gasteiger partial charge on any atom is -0.458 e. The van der Waals surface area contributed by atoms with Crippen LogP contribution in [-0.4, -0.2) is 82.6 Å². The number of hydrogen-bond donors (Lipinski definition) is 0. The van der Waals surface area contributed by atoms with Crippen molar-refractivity contribution < 1.29 is 52.5 Å². The first-order valence-corrected chi connectivity index (χ1v) is 14.2. The van der Waals surface area contributed by atoms with Gasteiger partial charge in [-0.25, -0.2) is 9.59 Å². The Morgan fingerprint density at radius 3 is 2.45 bits per heavy atom. The van der Waals surface area contributed by atoms with E-state index in [0.29, 0.717) is 24.5 Å². The first-order valence-electron chi connectivity index (χ1n) is 14.2. The molecule has 3 aliphatic carbocycles. The molecule has 0 radical (unpaired) electrons. The van der Waals surface area contributed by atoms with Crippen molar-refractivity contribution in [3.63, 3.8) is 0 Å². The lowest BCUT2D eigenvalue weighted by atomic mass is 9.46. The van der Waals surface area contributed by atoms with Gasteiger partial charge in [-0.1, -0.05) is 20.8 Å². The largest absolute Gasteiger partial charge is 0.458 e. The number of epoxide rings is 3. The average molecular weight is 558 g/mol. The second-order valence-electron chi connectivity index (χ2n) is 12.9. The Kier molecular flexibility index (Phi) is 4.68. The topological polar surface area (TPSA) is 154 Å². The van der Waals surface area contributed by atoms with Gasteiger partial charge in [0.25, 0.3) is 11.8 Å². The van der Waals surface area contributed by atoms with Crippen molar-refractivity contribution in [1.82, 2.24) is 5.06 Å². The Morgan fingerprint density at radius 2 is 1.73 bits per heavy atom. The van der Waals surface area contributed by atoms with E-state index in [-0.39, 0.29) is 67.2 Å². The van der Waals surface area contributed by atoms with Crippen LogP contribution in [0.2, 0.25) is 0 Å². The fraction of sp³-hybridized carbons (Fsp3) is 0.750. The number of amides is 2. The Morgan fingerprint density at radius 1 is 1.00 bits per heavy atom. The molecule has 5 aliphatic heterocycles. The monoisotopic (exact) mass is 557 g/mol. The lowest BCUT2D eigenvalue weighted by molar-refractivity contribution is -0.198. The molecule has 12 heteroatoms. The Bertz CT molecular complexity index is 1320. The minimum absolute atomic E-state index is 0.000863. The van der Waals surface area contributed by atoms with E-state index in [1.54, 1.807) is 0 Å². The number of nitrogens with zero attached hydrogens (tertiary/aromatic N) is 1. The molecule has 0 aromatic carbocycles. The van der Waals surface area contributed by atoms with Gasteiger partial charge in [0.1, 0.15) is 30.0 Å². The highest BCUT2D eigenvalue weighted by Crippen LogP contribution is 2.83. The molecular formula is C28H31NO11. The number of carbonyl (C=O) groups is 5. The van der Waals surface area contributed by atoms with Gasteiger partial charge in [-0.05, 0) is 36.7 Å². The van der Waals surface area contributed by atoms with Crippen molar-refractivity contribution in [2.75, 3.05) is 6.61 Å². The van der Waals surface area contributed by atoms with Crippen molar-refractivity contribution in [3.8, 4) is 0 Å². The zero-order chi connectivity index (χ0) is 28.0. The van der Waals surface area contributed by atoms with Crippen molar-refractivity contribution in [2.45, 2.75) is 107 Å². The standard InChI is InChI=1S/C28H31NO11/c1-12(2)26-21(38-26)22-28(39-22)25(3)9-8-13-14(11-35-23(13)34)15(25)10-16-27(28,37-16)24(26)36-19(32)6-7-20(33)40-29-17(30)4-5-18(29)31/h12,15-16,21-22,24H,4-11H2,1-3H3. The van der Waals surface area contributed by atoms with Gasteiger partial charge in [0, 0.05) is 23.8 Å². The van der Waals surface area contributed by atoms with Gasteiger partial charge in [-0.3, -0.25) is 14.4 Å². The van der Waals surface area contributed by atoms with E-state index in [1.165, 1.54) is 0 Å². The molecule has 2 spiro atoms. The first kappa shape index (κ1) is 24.9. The molecule has 0 N–H and O–H groups in total. The van der Waals surface area contributed by atoms with Gasteiger partial charge in [0.05, 0.1) is 18.9 Å². The fourth-order valence-electron chi connectivity index (χ4n) is 9.04. The van der Waals surface area contributed by atoms with Crippen LogP contribution in [0.3, 0.4) is 0 Å². The summed E-state index contributed by atoms with van der Waals surface area (Å²) in [6, 6.07) is 0. The average Bonchev–Trinajstić information content (AvgIpc) is 3.83. The van der Waals surface area contributed by atoms with Gasteiger partial charge < -0.3 is 28.5 Å². The van der Waals surface area contributed by atoms with Crippen molar-refractivity contribution in [2.24, 2.45) is 17.3 Å². The molecule has 6 fully saturated rings. The molecule has 12 nitrogen and oxygen atoms in total. The van der Waals surface area contributed by atoms with Crippen molar-refractivity contribution in [3.05, 3.63) is 11.1 Å². The summed E-state index contributed by atoms with van der Waals surface area (Å²) in [7, 11) is 0. The maximum Gasteiger partial charge on any atom is 0.334 e. The summed E-state index contributed by atoms with van der Waals surface area (Å²) < 4.78 is 31.2. The van der Waals surface area contributed by atoms with Crippen molar-refractivity contribution in [1.29, 1.82) is 0 Å². The third-order valence-corrected chi connectivity index (χ3v) is 11.0. The Hall–Kier alpha value is -2.83. The molecule has 2 amide bonds. The molecule has 8 aliphatic rings. The summed E-state index contributed by atoms with van der Waals surface area (Å²) in [4.78, 5) is 66.3. The van der Waals surface area contributed by atoms with Gasteiger partial charge in [0.2, 0.25) is 0 Å². The number of hydrogen-bond acceptors (Lipinski definition) is 11. The maximum absolute atomic E-state index is 13.2. The zero-order valence-electron chi connectivity index (χ0n) is 22.6. The van der Waals surface area contributed by atoms with Gasteiger partial charge in [-0.15, -0.1) is 5.06 Å². The van der Waals surface area contributed by atoms with Crippen LogP contribution in [0.4, 0.5) is 0 Å². The van der Waals surface area contributed by atoms with Crippen LogP contribution >= 0.6 is 0 Å². The molecule has 0 aromatic heterocycles. The van der Waals surface area contributed by atoms with Crippen LogP contribution in [0.15, 0.2) is 11.1 Å². The van der Waals surface area contributed by atoms with E-state index < -0.39 is 46.7 Å². The van der Waals surface area contributed by atoms with Crippen LogP contribution in [-0.2, 0) is 52.5 Å². The van der Waals surface area contributed by atoms with Gasteiger partial charge >= 0.3 is 17.9 Å². The van der Waals surface area contributed by atoms with E-state index >= 15 is 0 Å². The zero-order valence-corrected chi connectivity index (χ0v) is 22.6. The molecule has 4 saturated heterocycles. The maximum atomic E-state index is 13.2. The SMILES string of the molecule is CC(C)C12OC1C1OC13C1(C)CCC4=C(COC4=O)C1CC1OC13C2OC(=O)CCC(=O)ON1C(=O)CCC1=O. The van der Waals surface area contributed by atoms with Crippen LogP contribution in [0, 0.1) is 17.3 Å². The molecular weight excluding hydrogens is 526 g/mol. The number of carbonyl (C=O) groups excluding carboxylic acids is 5. The number of rotatable bonds is 6. The number of imide groups is 1. The third kappa shape index (κ3) is 2.71. The number of cyclic esters (lactones) is 1. The lowest BCUT2D eigenvalue weighted by Crippen LogP contribution is -2.70. The highest BCUT2D eigenvalue weighted by atomic mass is 16.8. The van der Waals surface area contributed by atoms with Gasteiger partial charge in [0.15, 0.2) is 11.7 Å². The van der Waals surface area contributed by atoms with Crippen LogP contribution in [0.1, 0.15) is 65.7 Å². The summed E-state index contributed by atoms with van der Waals surface area (Å²) in [5, 5.41) is 0.467. The Balaban J connectivity index is 1.05. The smallest absolute Gasteiger partial charge is 0.334 e. The van der Waals surface area contributed by atoms with E-state index in [1.807, 2.05) is 13.8 Å². The highest BCUT2D eigenvalue weighted by molar-refractivity contribution is 6.01. The molecule has 8 rings (SSSR count). The van der Waals surface area contributed by atoms with E-state index in [0.717, 1.165) is 17.6 Å². The molecule has 40 heavy (non-hydrogen) atoms. The summed E-state index contributed by atoms with van der Waals surface area (Å²) in [5.41, 5.74) is -0.907. The van der Waals surface area contributed by atoms with E-state index in [9.17, 15) is 24.0 Å². The lowest BCUT2D eigenvalue weighted by Gasteiger charge is -2.53. The molecule has 214 valence electrons. The summed E-state index contributed by atoms with van der Waals surface area (Å²) in [6.45, 7) is 6.55. The predicted molar refractivity (Wildman–Crippen MR) is 127 cm³/mol. The number of hydroxylamine groups is 2. The fourth-order valence-corrected chi connectivity index (χ4v) is 9.04. The van der Waals surface area contributed by atoms with Crippen LogP contribution in [0.25, 0.3) is 0 Å². The summed E-state index contributed by atoms with van der Waals surface area (Å²) >= 11 is 0. The second-order valence-corrected chi connectivity index (χ2v) is 12.9. The van der Waals surface area contributed by atoms with E-state index in [2.05, 4.69) is 6.92 Å². The molecule has 2 saturated carbocycles. The first-order chi connectivity index (χ1) is 19.0. The normalized spacial score (nSPS) is 47.0. The summed E-state index contributed by atoms with van der Waals surface area (Å²) in [5.74, 6) is -2.82. The number of ether oxygens (including phenoxy) is 5. The predicted octanol–water partition coefficient (Wildman–Crippen LogP) is 1.04. The van der Waals surface area contributed by atoms with Gasteiger partial charge in [-0.2, -0.15) is 0 Å². The highest BCUT2D eigenvalue weighted by Gasteiger charge is 3.01. The molecule has 9 unspecified atom stereocenters. The molecule has 0 bridgehead atoms. The summed E-state index contributed by atoms with van der Waals surface area (Å²) in [6.07, 6.45) is -0.112. The number of fused-ring (bicyclic) bond motifs is 4. The quantitative estimate of drug-likeness (QED) is 0.261. The second kappa shape index (κ2) is 7.51. The molecule has 5 heterocycles. The minimum atomic E-state index is -0.883. The number of esters is 2. The Labute approximate surface area is 229 Å². The third-order valence-electron chi connectivity index (χ3n) is 11.0. The van der Waals surface area contributed by atoms with Crippen molar-refractivity contribution >= 4 is 29.7 Å².